The monoisotopic (exact) mass is 539 g/mol. The van der Waals surface area contributed by atoms with Gasteiger partial charge >= 0.3 is 0 Å². The van der Waals surface area contributed by atoms with Crippen LogP contribution in [0.15, 0.2) is 71.8 Å². The number of morpholine rings is 1. The summed E-state index contributed by atoms with van der Waals surface area (Å²) in [5.74, 6) is -0.304. The molecule has 1 aliphatic heterocycles. The summed E-state index contributed by atoms with van der Waals surface area (Å²) >= 11 is 5.86. The Morgan fingerprint density at radius 1 is 1.08 bits per heavy atom. The number of ether oxygens (including phenoxy) is 2. The van der Waals surface area contributed by atoms with E-state index < -0.39 is 6.04 Å². The first kappa shape index (κ1) is 27.5. The summed E-state index contributed by atoms with van der Waals surface area (Å²) in [5.41, 5.74) is 0.876. The van der Waals surface area contributed by atoms with Gasteiger partial charge < -0.3 is 20.1 Å². The van der Waals surface area contributed by atoms with Crippen molar-refractivity contribution in [2.75, 3.05) is 51.4 Å². The molecule has 0 aliphatic carbocycles. The van der Waals surface area contributed by atoms with Crippen molar-refractivity contribution in [3.63, 3.8) is 0 Å². The zero-order valence-electron chi connectivity index (χ0n) is 20.8. The maximum absolute atomic E-state index is 13.0. The SMILES string of the molecule is O=C(CC(COCCN1CCOCC1)NC(=O)c1ccc(-n2ccccc2=O)cc1)Nc1ccc(Cl)cn1. The Labute approximate surface area is 225 Å². The number of carbonyl (C=O) groups is 2. The highest BCUT2D eigenvalue weighted by Crippen LogP contribution is 2.11. The number of amides is 2. The van der Waals surface area contributed by atoms with E-state index in [2.05, 4.69) is 20.5 Å². The lowest BCUT2D eigenvalue weighted by Crippen LogP contribution is -2.42. The number of nitrogens with one attached hydrogen (secondary N) is 2. The largest absolute Gasteiger partial charge is 0.379 e. The van der Waals surface area contributed by atoms with Crippen molar-refractivity contribution in [3.8, 4) is 5.69 Å². The average Bonchev–Trinajstić information content (AvgIpc) is 2.93. The van der Waals surface area contributed by atoms with E-state index in [0.29, 0.717) is 41.9 Å². The smallest absolute Gasteiger partial charge is 0.255 e. The summed E-state index contributed by atoms with van der Waals surface area (Å²) in [7, 11) is 0. The second-order valence-corrected chi connectivity index (χ2v) is 9.21. The fourth-order valence-corrected chi connectivity index (χ4v) is 4.06. The third-order valence-electron chi connectivity index (χ3n) is 5.97. The molecule has 0 spiro atoms. The number of carbonyl (C=O) groups excluding carboxylic acids is 2. The Kier molecular flexibility index (Phi) is 9.99. The van der Waals surface area contributed by atoms with Gasteiger partial charge in [-0.3, -0.25) is 23.9 Å². The summed E-state index contributed by atoms with van der Waals surface area (Å²) in [6, 6.07) is 14.2. The van der Waals surface area contributed by atoms with Gasteiger partial charge in [-0.15, -0.1) is 0 Å². The molecule has 1 aromatic carbocycles. The second-order valence-electron chi connectivity index (χ2n) is 8.77. The van der Waals surface area contributed by atoms with Crippen LogP contribution in [0.25, 0.3) is 5.69 Å². The maximum Gasteiger partial charge on any atom is 0.255 e. The normalized spacial score (nSPS) is 14.6. The minimum absolute atomic E-state index is 0.00884. The minimum atomic E-state index is -0.573. The second kappa shape index (κ2) is 13.8. The van der Waals surface area contributed by atoms with Crippen molar-refractivity contribution in [3.05, 3.63) is 87.9 Å². The number of halogens is 1. The van der Waals surface area contributed by atoms with Gasteiger partial charge in [0.15, 0.2) is 0 Å². The first-order valence-electron chi connectivity index (χ1n) is 12.4. The molecule has 10 nitrogen and oxygen atoms in total. The van der Waals surface area contributed by atoms with Crippen LogP contribution in [-0.2, 0) is 14.3 Å². The predicted molar refractivity (Wildman–Crippen MR) is 144 cm³/mol. The van der Waals surface area contributed by atoms with Crippen LogP contribution >= 0.6 is 11.6 Å². The lowest BCUT2D eigenvalue weighted by molar-refractivity contribution is -0.117. The molecule has 11 heteroatoms. The van der Waals surface area contributed by atoms with Gasteiger partial charge in [0.1, 0.15) is 5.82 Å². The number of benzene rings is 1. The molecular weight excluding hydrogens is 510 g/mol. The van der Waals surface area contributed by atoms with Gasteiger partial charge in [-0.1, -0.05) is 17.7 Å². The molecule has 1 atom stereocenters. The van der Waals surface area contributed by atoms with Crippen LogP contribution in [0.3, 0.4) is 0 Å². The van der Waals surface area contributed by atoms with E-state index in [-0.39, 0.29) is 30.4 Å². The number of hydrogen-bond donors (Lipinski definition) is 2. The number of nitrogens with zero attached hydrogens (tertiary/aromatic N) is 3. The highest BCUT2D eigenvalue weighted by molar-refractivity contribution is 6.30. The highest BCUT2D eigenvalue weighted by atomic mass is 35.5. The average molecular weight is 540 g/mol. The lowest BCUT2D eigenvalue weighted by Gasteiger charge is -2.26. The third kappa shape index (κ3) is 8.22. The van der Waals surface area contributed by atoms with E-state index in [1.165, 1.54) is 16.8 Å². The van der Waals surface area contributed by atoms with Gasteiger partial charge in [0.25, 0.3) is 11.5 Å². The molecule has 0 radical (unpaired) electrons. The summed E-state index contributed by atoms with van der Waals surface area (Å²) in [6.07, 6.45) is 3.10. The van der Waals surface area contributed by atoms with Crippen LogP contribution in [0.5, 0.6) is 0 Å². The van der Waals surface area contributed by atoms with E-state index in [1.54, 1.807) is 54.7 Å². The topological polar surface area (TPSA) is 115 Å². The van der Waals surface area contributed by atoms with Crippen molar-refractivity contribution in [1.29, 1.82) is 0 Å². The molecular formula is C27H30ClN5O5. The van der Waals surface area contributed by atoms with E-state index in [4.69, 9.17) is 21.1 Å². The van der Waals surface area contributed by atoms with Crippen molar-refractivity contribution in [2.24, 2.45) is 0 Å². The molecule has 200 valence electrons. The summed E-state index contributed by atoms with van der Waals surface area (Å²) in [6.45, 7) is 4.48. The first-order chi connectivity index (χ1) is 18.5. The lowest BCUT2D eigenvalue weighted by atomic mass is 10.1. The van der Waals surface area contributed by atoms with Crippen LogP contribution < -0.4 is 16.2 Å². The first-order valence-corrected chi connectivity index (χ1v) is 12.7. The van der Waals surface area contributed by atoms with Crippen LogP contribution in [-0.4, -0.2) is 78.4 Å². The van der Waals surface area contributed by atoms with Crippen molar-refractivity contribution < 1.29 is 19.1 Å². The van der Waals surface area contributed by atoms with E-state index in [1.807, 2.05) is 0 Å². The van der Waals surface area contributed by atoms with Gasteiger partial charge in [-0.25, -0.2) is 4.98 Å². The van der Waals surface area contributed by atoms with E-state index in [0.717, 1.165) is 19.6 Å². The van der Waals surface area contributed by atoms with Gasteiger partial charge in [0.05, 0.1) is 37.5 Å². The van der Waals surface area contributed by atoms with Crippen LogP contribution in [0, 0.1) is 0 Å². The molecule has 1 unspecified atom stereocenters. The molecule has 1 fully saturated rings. The molecule has 3 heterocycles. The summed E-state index contributed by atoms with van der Waals surface area (Å²) < 4.78 is 12.7. The zero-order chi connectivity index (χ0) is 26.7. The number of pyridine rings is 2. The fourth-order valence-electron chi connectivity index (χ4n) is 3.95. The van der Waals surface area contributed by atoms with Crippen molar-refractivity contribution >= 4 is 29.2 Å². The number of anilines is 1. The van der Waals surface area contributed by atoms with Crippen molar-refractivity contribution in [1.82, 2.24) is 19.8 Å². The number of hydrogen-bond acceptors (Lipinski definition) is 7. The van der Waals surface area contributed by atoms with Crippen LogP contribution in [0.2, 0.25) is 5.02 Å². The Bertz CT molecular complexity index is 1260. The Morgan fingerprint density at radius 2 is 1.87 bits per heavy atom. The molecule has 2 amide bonds. The van der Waals surface area contributed by atoms with Gasteiger partial charge in [0, 0.05) is 55.8 Å². The molecule has 0 bridgehead atoms. The third-order valence-corrected chi connectivity index (χ3v) is 6.19. The quantitative estimate of drug-likeness (QED) is 0.359. The Balaban J connectivity index is 1.37. The molecule has 2 aromatic heterocycles. The highest BCUT2D eigenvalue weighted by Gasteiger charge is 2.19. The predicted octanol–water partition coefficient (Wildman–Crippen LogP) is 2.36. The zero-order valence-corrected chi connectivity index (χ0v) is 21.6. The van der Waals surface area contributed by atoms with Crippen molar-refractivity contribution in [2.45, 2.75) is 12.5 Å². The number of rotatable bonds is 11. The van der Waals surface area contributed by atoms with Crippen LogP contribution in [0.1, 0.15) is 16.8 Å². The Hall–Kier alpha value is -3.57. The molecule has 4 rings (SSSR count). The molecule has 2 N–H and O–H groups in total. The Morgan fingerprint density at radius 3 is 2.58 bits per heavy atom. The number of aromatic nitrogens is 2. The minimum Gasteiger partial charge on any atom is -0.379 e. The molecule has 38 heavy (non-hydrogen) atoms. The van der Waals surface area contributed by atoms with Gasteiger partial charge in [-0.05, 0) is 42.5 Å². The fraction of sp³-hybridized carbons (Fsp3) is 0.333. The van der Waals surface area contributed by atoms with Gasteiger partial charge in [-0.2, -0.15) is 0 Å². The maximum atomic E-state index is 13.0. The molecule has 0 saturated carbocycles. The molecule has 1 saturated heterocycles. The van der Waals surface area contributed by atoms with E-state index in [9.17, 15) is 14.4 Å². The molecule has 1 aliphatic rings. The van der Waals surface area contributed by atoms with Gasteiger partial charge in [0.2, 0.25) is 5.91 Å². The van der Waals surface area contributed by atoms with E-state index >= 15 is 0 Å². The van der Waals surface area contributed by atoms with Crippen LogP contribution in [0.4, 0.5) is 5.82 Å². The summed E-state index contributed by atoms with van der Waals surface area (Å²) in [4.78, 5) is 44.1. The summed E-state index contributed by atoms with van der Waals surface area (Å²) in [5, 5.41) is 6.08. The molecule has 3 aromatic rings. The standard InChI is InChI=1S/C27H30ClN5O5/c28-21-6-9-24(29-18-21)31-25(34)17-22(19-38-16-13-32-11-14-37-15-12-32)30-27(36)20-4-7-23(8-5-20)33-10-2-1-3-26(33)35/h1-10,18,22H,11-17,19H2,(H,30,36)(H,29,31,34).